The molecule has 6 heteroatoms. The van der Waals surface area contributed by atoms with Gasteiger partial charge in [-0.05, 0) is 6.07 Å². The van der Waals surface area contributed by atoms with Crippen LogP contribution in [-0.2, 0) is 9.59 Å². The molecule has 2 amide bonds. The van der Waals surface area contributed by atoms with Gasteiger partial charge in [-0.1, -0.05) is 18.2 Å². The summed E-state index contributed by atoms with van der Waals surface area (Å²) in [6.45, 7) is 2.08. The van der Waals surface area contributed by atoms with Crippen LogP contribution in [0.5, 0.6) is 5.75 Å². The van der Waals surface area contributed by atoms with E-state index in [-0.39, 0.29) is 17.7 Å². The van der Waals surface area contributed by atoms with E-state index in [0.29, 0.717) is 26.2 Å². The van der Waals surface area contributed by atoms with Gasteiger partial charge in [-0.25, -0.2) is 0 Å². The van der Waals surface area contributed by atoms with E-state index in [4.69, 9.17) is 4.74 Å². The van der Waals surface area contributed by atoms with Crippen molar-refractivity contribution in [2.75, 3.05) is 33.3 Å². The summed E-state index contributed by atoms with van der Waals surface area (Å²) in [7, 11) is 1.59. The summed E-state index contributed by atoms with van der Waals surface area (Å²) in [6, 6.07) is 7.13. The molecule has 6 nitrogen and oxygen atoms in total. The summed E-state index contributed by atoms with van der Waals surface area (Å²) < 4.78 is 5.58. The van der Waals surface area contributed by atoms with Crippen LogP contribution < -0.4 is 15.4 Å². The Kier molecular flexibility index (Phi) is 3.79. The fraction of sp³-hybridized carbons (Fsp3) is 0.467. The molecule has 21 heavy (non-hydrogen) atoms. The first-order valence-corrected chi connectivity index (χ1v) is 7.17. The van der Waals surface area contributed by atoms with Crippen LogP contribution in [0, 0.1) is 0 Å². The van der Waals surface area contributed by atoms with E-state index in [1.165, 1.54) is 0 Å². The number of hydrogen-bond donors (Lipinski definition) is 2. The Morgan fingerprint density at radius 1 is 1.38 bits per heavy atom. The monoisotopic (exact) mass is 289 g/mol. The Balaban J connectivity index is 1.82. The maximum absolute atomic E-state index is 12.8. The van der Waals surface area contributed by atoms with Crippen molar-refractivity contribution >= 4 is 11.8 Å². The smallest absolute Gasteiger partial charge is 0.243 e. The van der Waals surface area contributed by atoms with Gasteiger partial charge in [0, 0.05) is 32.2 Å². The quantitative estimate of drug-likeness (QED) is 0.785. The number of hydrogen-bond acceptors (Lipinski definition) is 4. The summed E-state index contributed by atoms with van der Waals surface area (Å²) >= 11 is 0. The molecule has 1 aromatic rings. The molecular formula is C15H19N3O3. The number of nitrogens with one attached hydrogen (secondary N) is 2. The summed E-state index contributed by atoms with van der Waals surface area (Å²) in [5, 5.41) is 5.78. The number of piperazine rings is 1. The second kappa shape index (κ2) is 5.73. The van der Waals surface area contributed by atoms with Crippen molar-refractivity contribution in [2.45, 2.75) is 12.0 Å². The van der Waals surface area contributed by atoms with E-state index in [9.17, 15) is 9.59 Å². The van der Waals surface area contributed by atoms with E-state index in [1.54, 1.807) is 11.9 Å². The molecule has 2 unspecified atom stereocenters. The standard InChI is InChI=1S/C15H19N3O3/c1-16-14(19)12-8-17-6-7-18(12)15(20)11-9-21-13-5-3-2-4-10(11)13/h2-5,11-12,17H,6-9H2,1H3,(H,16,19). The van der Waals surface area contributed by atoms with Gasteiger partial charge in [0.15, 0.2) is 0 Å². The lowest BCUT2D eigenvalue weighted by atomic mass is 9.98. The molecule has 2 aliphatic heterocycles. The average molecular weight is 289 g/mol. The van der Waals surface area contributed by atoms with Crippen LogP contribution in [0.3, 0.4) is 0 Å². The van der Waals surface area contributed by atoms with Crippen LogP contribution in [0.4, 0.5) is 0 Å². The number of rotatable bonds is 2. The van der Waals surface area contributed by atoms with Crippen molar-refractivity contribution in [2.24, 2.45) is 0 Å². The van der Waals surface area contributed by atoms with Gasteiger partial charge in [-0.15, -0.1) is 0 Å². The highest BCUT2D eigenvalue weighted by molar-refractivity contribution is 5.91. The van der Waals surface area contributed by atoms with Crippen LogP contribution >= 0.6 is 0 Å². The second-order valence-corrected chi connectivity index (χ2v) is 5.27. The first kappa shape index (κ1) is 13.9. The highest BCUT2D eigenvalue weighted by atomic mass is 16.5. The number of carbonyl (C=O) groups excluding carboxylic acids is 2. The van der Waals surface area contributed by atoms with Gasteiger partial charge in [-0.2, -0.15) is 0 Å². The van der Waals surface area contributed by atoms with Gasteiger partial charge in [-0.3, -0.25) is 9.59 Å². The highest BCUT2D eigenvalue weighted by Gasteiger charge is 2.38. The number of amides is 2. The van der Waals surface area contributed by atoms with Crippen molar-refractivity contribution in [1.29, 1.82) is 0 Å². The molecule has 112 valence electrons. The largest absolute Gasteiger partial charge is 0.492 e. The van der Waals surface area contributed by atoms with Gasteiger partial charge < -0.3 is 20.3 Å². The molecule has 2 heterocycles. The number of carbonyl (C=O) groups is 2. The lowest BCUT2D eigenvalue weighted by Crippen LogP contribution is -2.60. The van der Waals surface area contributed by atoms with Gasteiger partial charge in [0.1, 0.15) is 24.3 Å². The van der Waals surface area contributed by atoms with Gasteiger partial charge >= 0.3 is 0 Å². The molecule has 0 radical (unpaired) electrons. The summed E-state index contributed by atoms with van der Waals surface area (Å²) in [5.74, 6) is 0.284. The molecule has 2 aliphatic rings. The Bertz CT molecular complexity index is 561. The third-order valence-electron chi connectivity index (χ3n) is 4.07. The molecule has 1 fully saturated rings. The number of benzene rings is 1. The maximum Gasteiger partial charge on any atom is 0.243 e. The third kappa shape index (κ3) is 2.47. The number of likely N-dealkylation sites (N-methyl/N-ethyl adjacent to an activating group) is 1. The number of para-hydroxylation sites is 1. The Labute approximate surface area is 123 Å². The van der Waals surface area contributed by atoms with E-state index in [0.717, 1.165) is 11.3 Å². The first-order chi connectivity index (χ1) is 10.2. The molecule has 1 aromatic carbocycles. The molecular weight excluding hydrogens is 270 g/mol. The minimum Gasteiger partial charge on any atom is -0.492 e. The summed E-state index contributed by atoms with van der Waals surface area (Å²) in [6.07, 6.45) is 0. The van der Waals surface area contributed by atoms with Gasteiger partial charge in [0.25, 0.3) is 0 Å². The molecule has 0 spiro atoms. The van der Waals surface area contributed by atoms with Crippen LogP contribution in [-0.4, -0.2) is 56.0 Å². The minimum absolute atomic E-state index is 0.0324. The van der Waals surface area contributed by atoms with Crippen molar-refractivity contribution in [3.8, 4) is 5.75 Å². The molecule has 0 saturated carbocycles. The SMILES string of the molecule is CNC(=O)C1CNCCN1C(=O)C1COc2ccccc21. The Morgan fingerprint density at radius 3 is 3.00 bits per heavy atom. The van der Waals surface area contributed by atoms with E-state index in [1.807, 2.05) is 24.3 Å². The van der Waals surface area contributed by atoms with Crippen molar-refractivity contribution in [3.05, 3.63) is 29.8 Å². The topological polar surface area (TPSA) is 70.7 Å². The maximum atomic E-state index is 12.8. The van der Waals surface area contributed by atoms with Crippen molar-refractivity contribution < 1.29 is 14.3 Å². The predicted octanol–water partition coefficient (Wildman–Crippen LogP) is -0.291. The predicted molar refractivity (Wildman–Crippen MR) is 77.1 cm³/mol. The minimum atomic E-state index is -0.455. The Morgan fingerprint density at radius 2 is 2.19 bits per heavy atom. The molecule has 2 atom stereocenters. The number of nitrogens with zero attached hydrogens (tertiary/aromatic N) is 1. The fourth-order valence-corrected chi connectivity index (χ4v) is 2.94. The molecule has 1 saturated heterocycles. The summed E-state index contributed by atoms with van der Waals surface area (Å²) in [4.78, 5) is 26.5. The van der Waals surface area contributed by atoms with Gasteiger partial charge in [0.2, 0.25) is 11.8 Å². The Hall–Kier alpha value is -2.08. The lowest BCUT2D eigenvalue weighted by Gasteiger charge is -2.36. The lowest BCUT2D eigenvalue weighted by molar-refractivity contribution is -0.142. The van der Waals surface area contributed by atoms with Crippen LogP contribution in [0.15, 0.2) is 24.3 Å². The number of ether oxygens (including phenoxy) is 1. The average Bonchev–Trinajstić information content (AvgIpc) is 2.97. The zero-order valence-electron chi connectivity index (χ0n) is 12.0. The zero-order chi connectivity index (χ0) is 14.8. The normalized spacial score (nSPS) is 24.1. The van der Waals surface area contributed by atoms with Crippen LogP contribution in [0.2, 0.25) is 0 Å². The van der Waals surface area contributed by atoms with E-state index >= 15 is 0 Å². The fourth-order valence-electron chi connectivity index (χ4n) is 2.94. The number of fused-ring (bicyclic) bond motifs is 1. The second-order valence-electron chi connectivity index (χ2n) is 5.27. The first-order valence-electron chi connectivity index (χ1n) is 7.17. The molecule has 0 aromatic heterocycles. The molecule has 2 N–H and O–H groups in total. The molecule has 0 aliphatic carbocycles. The van der Waals surface area contributed by atoms with Crippen LogP contribution in [0.25, 0.3) is 0 Å². The molecule has 0 bridgehead atoms. The van der Waals surface area contributed by atoms with Crippen molar-refractivity contribution in [3.63, 3.8) is 0 Å². The third-order valence-corrected chi connectivity index (χ3v) is 4.07. The van der Waals surface area contributed by atoms with E-state index in [2.05, 4.69) is 10.6 Å². The summed E-state index contributed by atoms with van der Waals surface area (Å²) in [5.41, 5.74) is 0.914. The zero-order valence-corrected chi connectivity index (χ0v) is 12.0. The van der Waals surface area contributed by atoms with Gasteiger partial charge in [0.05, 0.1) is 0 Å². The highest BCUT2D eigenvalue weighted by Crippen LogP contribution is 2.35. The molecule has 3 rings (SSSR count). The van der Waals surface area contributed by atoms with E-state index < -0.39 is 6.04 Å². The van der Waals surface area contributed by atoms with Crippen LogP contribution in [0.1, 0.15) is 11.5 Å². The van der Waals surface area contributed by atoms with Crippen molar-refractivity contribution in [1.82, 2.24) is 15.5 Å².